The second-order valence-corrected chi connectivity index (χ2v) is 7.61. The van der Waals surface area contributed by atoms with Crippen LogP contribution >= 0.6 is 0 Å². The maximum absolute atomic E-state index is 12.7. The number of anilines is 1. The van der Waals surface area contributed by atoms with Crippen molar-refractivity contribution < 1.29 is 19.1 Å². The zero-order valence-corrected chi connectivity index (χ0v) is 16.9. The van der Waals surface area contributed by atoms with E-state index in [9.17, 15) is 9.59 Å². The Morgan fingerprint density at radius 2 is 2.04 bits per heavy atom. The van der Waals surface area contributed by atoms with Gasteiger partial charge in [-0.05, 0) is 50.4 Å². The third kappa shape index (κ3) is 4.64. The molecule has 154 valence electrons. The molecule has 1 atom stereocenters. The molecule has 2 fully saturated rings. The number of piperidine rings is 1. The number of hydrogen-bond donors (Lipinski definition) is 1. The number of methoxy groups -OCH3 is 1. The number of carbonyl (C=O) groups is 2. The molecule has 3 rings (SSSR count). The maximum Gasteiger partial charge on any atom is 0.321 e. The quantitative estimate of drug-likeness (QED) is 0.692. The topological polar surface area (TPSA) is 71.1 Å². The number of rotatable bonds is 8. The van der Waals surface area contributed by atoms with Gasteiger partial charge in [-0.15, -0.1) is 0 Å². The molecule has 0 spiro atoms. The van der Waals surface area contributed by atoms with Gasteiger partial charge in [0.1, 0.15) is 0 Å². The normalized spacial score (nSPS) is 22.9. The molecule has 28 heavy (non-hydrogen) atoms. The van der Waals surface area contributed by atoms with Crippen LogP contribution in [-0.4, -0.2) is 63.4 Å². The molecule has 1 N–H and O–H groups in total. The molecule has 0 saturated carbocycles. The predicted octanol–water partition coefficient (Wildman–Crippen LogP) is 2.40. The number of nitrogens with zero attached hydrogens (tertiary/aromatic N) is 2. The lowest BCUT2D eigenvalue weighted by Gasteiger charge is -2.41. The molecular weight excluding hydrogens is 358 g/mol. The molecule has 2 aliphatic heterocycles. The second-order valence-electron chi connectivity index (χ2n) is 7.61. The molecule has 0 aromatic heterocycles. The molecule has 2 amide bonds. The molecule has 1 aromatic carbocycles. The third-order valence-electron chi connectivity index (χ3n) is 5.66. The Morgan fingerprint density at radius 3 is 2.68 bits per heavy atom. The third-order valence-corrected chi connectivity index (χ3v) is 5.66. The number of amides is 2. The lowest BCUT2D eigenvalue weighted by Crippen LogP contribution is -2.48. The molecule has 2 aliphatic rings. The highest BCUT2D eigenvalue weighted by atomic mass is 16.5. The fourth-order valence-electron chi connectivity index (χ4n) is 4.17. The van der Waals surface area contributed by atoms with Gasteiger partial charge in [-0.25, -0.2) is 4.79 Å². The largest absolute Gasteiger partial charge is 0.466 e. The molecule has 0 bridgehead atoms. The van der Waals surface area contributed by atoms with Crippen molar-refractivity contribution in [3.8, 4) is 0 Å². The summed E-state index contributed by atoms with van der Waals surface area (Å²) >= 11 is 0. The smallest absolute Gasteiger partial charge is 0.321 e. The van der Waals surface area contributed by atoms with Crippen molar-refractivity contribution >= 4 is 17.7 Å². The summed E-state index contributed by atoms with van der Waals surface area (Å²) in [7, 11) is 1.67. The van der Waals surface area contributed by atoms with Gasteiger partial charge < -0.3 is 14.8 Å². The fraction of sp³-hybridized carbons (Fsp3) is 0.619. The highest BCUT2D eigenvalue weighted by molar-refractivity contribution is 5.93. The van der Waals surface area contributed by atoms with Crippen molar-refractivity contribution in [3.63, 3.8) is 0 Å². The lowest BCUT2D eigenvalue weighted by atomic mass is 9.77. The number of benzene rings is 1. The molecule has 2 heterocycles. The average Bonchev–Trinajstić information content (AvgIpc) is 3.13. The van der Waals surface area contributed by atoms with E-state index in [0.717, 1.165) is 31.6 Å². The number of likely N-dealkylation sites (tertiary alicyclic amines) is 1. The minimum atomic E-state index is -0.488. The van der Waals surface area contributed by atoms with Crippen molar-refractivity contribution in [1.29, 1.82) is 0 Å². The van der Waals surface area contributed by atoms with E-state index in [0.29, 0.717) is 39.3 Å². The minimum Gasteiger partial charge on any atom is -0.466 e. The summed E-state index contributed by atoms with van der Waals surface area (Å²) < 4.78 is 10.7. The molecule has 7 nitrogen and oxygen atoms in total. The number of hydrogen-bond acceptors (Lipinski definition) is 5. The van der Waals surface area contributed by atoms with Gasteiger partial charge in [-0.1, -0.05) is 12.1 Å². The van der Waals surface area contributed by atoms with Crippen LogP contribution in [0.5, 0.6) is 0 Å². The van der Waals surface area contributed by atoms with Gasteiger partial charge in [0, 0.05) is 45.6 Å². The first kappa shape index (κ1) is 20.6. The SMILES string of the molecule is CCOC(=O)[C@@]1(CCOC)CCCN(Cc2ccc(N3CCNC3=O)cc2)C1. The zero-order chi connectivity index (χ0) is 20.0. The van der Waals surface area contributed by atoms with Crippen LogP contribution < -0.4 is 10.2 Å². The summed E-state index contributed by atoms with van der Waals surface area (Å²) in [6.07, 6.45) is 2.49. The first-order valence-corrected chi connectivity index (χ1v) is 10.1. The molecule has 2 saturated heterocycles. The van der Waals surface area contributed by atoms with E-state index in [1.165, 1.54) is 5.56 Å². The van der Waals surface area contributed by atoms with Gasteiger partial charge in [0.25, 0.3) is 0 Å². The van der Waals surface area contributed by atoms with Gasteiger partial charge in [-0.3, -0.25) is 14.6 Å². The van der Waals surface area contributed by atoms with Crippen LogP contribution in [0.2, 0.25) is 0 Å². The van der Waals surface area contributed by atoms with Crippen molar-refractivity contribution in [2.75, 3.05) is 51.4 Å². The number of carbonyl (C=O) groups excluding carboxylic acids is 2. The summed E-state index contributed by atoms with van der Waals surface area (Å²) in [5.41, 5.74) is 1.60. The highest BCUT2D eigenvalue weighted by Crippen LogP contribution is 2.36. The van der Waals surface area contributed by atoms with Gasteiger partial charge in [0.05, 0.1) is 12.0 Å². The van der Waals surface area contributed by atoms with Crippen molar-refractivity contribution in [2.24, 2.45) is 5.41 Å². The van der Waals surface area contributed by atoms with Crippen LogP contribution in [0.25, 0.3) is 0 Å². The van der Waals surface area contributed by atoms with Gasteiger partial charge in [0.2, 0.25) is 0 Å². The number of urea groups is 1. The Morgan fingerprint density at radius 1 is 1.25 bits per heavy atom. The highest BCUT2D eigenvalue weighted by Gasteiger charge is 2.43. The zero-order valence-electron chi connectivity index (χ0n) is 16.9. The molecule has 7 heteroatoms. The van der Waals surface area contributed by atoms with E-state index >= 15 is 0 Å². The molecule has 0 radical (unpaired) electrons. The fourth-order valence-corrected chi connectivity index (χ4v) is 4.17. The predicted molar refractivity (Wildman–Crippen MR) is 107 cm³/mol. The molecule has 0 aliphatic carbocycles. The van der Waals surface area contributed by atoms with E-state index in [4.69, 9.17) is 9.47 Å². The Bertz CT molecular complexity index is 679. The average molecular weight is 389 g/mol. The molecular formula is C21H31N3O4. The first-order chi connectivity index (χ1) is 13.6. The standard InChI is InChI=1S/C21H31N3O4/c1-3-28-19(25)21(10-14-27-2)9-4-12-23(16-21)15-17-5-7-18(8-6-17)24-13-11-22-20(24)26/h5-8H,3-4,9-16H2,1-2H3,(H,22,26)/t21-/m1/s1. The van der Waals surface area contributed by atoms with Crippen LogP contribution in [0.1, 0.15) is 31.7 Å². The number of nitrogens with one attached hydrogen (secondary N) is 1. The van der Waals surface area contributed by atoms with Crippen LogP contribution in [0.4, 0.5) is 10.5 Å². The summed E-state index contributed by atoms with van der Waals surface area (Å²) in [4.78, 5) is 28.6. The van der Waals surface area contributed by atoms with Gasteiger partial charge in [-0.2, -0.15) is 0 Å². The Hall–Kier alpha value is -2.12. The summed E-state index contributed by atoms with van der Waals surface area (Å²) in [5.74, 6) is -0.104. The number of ether oxygens (including phenoxy) is 2. The van der Waals surface area contributed by atoms with Gasteiger partial charge >= 0.3 is 12.0 Å². The Labute approximate surface area is 167 Å². The molecule has 1 aromatic rings. The molecule has 0 unspecified atom stereocenters. The summed E-state index contributed by atoms with van der Waals surface area (Å²) in [5, 5.41) is 2.82. The Balaban J connectivity index is 1.66. The van der Waals surface area contributed by atoms with E-state index in [2.05, 4.69) is 22.3 Å². The van der Waals surface area contributed by atoms with Gasteiger partial charge in [0.15, 0.2) is 0 Å². The van der Waals surface area contributed by atoms with Crippen LogP contribution in [-0.2, 0) is 20.8 Å². The van der Waals surface area contributed by atoms with Crippen molar-refractivity contribution in [1.82, 2.24) is 10.2 Å². The van der Waals surface area contributed by atoms with Crippen molar-refractivity contribution in [2.45, 2.75) is 32.7 Å². The summed E-state index contributed by atoms with van der Waals surface area (Å²) in [6.45, 7) is 6.62. The number of esters is 1. The monoisotopic (exact) mass is 389 g/mol. The van der Waals surface area contributed by atoms with E-state index in [1.54, 1.807) is 12.0 Å². The van der Waals surface area contributed by atoms with E-state index in [1.807, 2.05) is 19.1 Å². The van der Waals surface area contributed by atoms with E-state index in [-0.39, 0.29) is 12.0 Å². The van der Waals surface area contributed by atoms with Crippen molar-refractivity contribution in [3.05, 3.63) is 29.8 Å². The van der Waals surface area contributed by atoms with Crippen LogP contribution in [0, 0.1) is 5.41 Å². The lowest BCUT2D eigenvalue weighted by molar-refractivity contribution is -0.160. The Kier molecular flexibility index (Phi) is 6.91. The summed E-state index contributed by atoms with van der Waals surface area (Å²) in [6, 6.07) is 8.08. The second kappa shape index (κ2) is 9.39. The van der Waals surface area contributed by atoms with E-state index < -0.39 is 5.41 Å². The van der Waals surface area contributed by atoms with Crippen LogP contribution in [0.15, 0.2) is 24.3 Å². The minimum absolute atomic E-state index is 0.0406. The van der Waals surface area contributed by atoms with Crippen LogP contribution in [0.3, 0.4) is 0 Å². The first-order valence-electron chi connectivity index (χ1n) is 10.1. The maximum atomic E-state index is 12.7.